The van der Waals surface area contributed by atoms with Gasteiger partial charge in [-0.3, -0.25) is 9.59 Å². The van der Waals surface area contributed by atoms with Crippen molar-refractivity contribution in [3.63, 3.8) is 0 Å². The molecule has 22 heavy (non-hydrogen) atoms. The van der Waals surface area contributed by atoms with E-state index in [-0.39, 0.29) is 5.97 Å². The molecule has 0 spiro atoms. The highest BCUT2D eigenvalue weighted by atomic mass is 16.6. The summed E-state index contributed by atoms with van der Waals surface area (Å²) in [7, 11) is 0. The Bertz CT molecular complexity index is 428. The van der Waals surface area contributed by atoms with Crippen LogP contribution in [0.4, 0.5) is 0 Å². The summed E-state index contributed by atoms with van der Waals surface area (Å²) in [5.74, 6) is -0.467. The molecule has 6 nitrogen and oxygen atoms in total. The summed E-state index contributed by atoms with van der Waals surface area (Å²) in [6, 6.07) is 0. The van der Waals surface area contributed by atoms with Gasteiger partial charge in [-0.25, -0.2) is 0 Å². The van der Waals surface area contributed by atoms with Crippen molar-refractivity contribution >= 4 is 11.9 Å². The Hall–Kier alpha value is -1.46. The fourth-order valence-corrected chi connectivity index (χ4v) is 2.96. The van der Waals surface area contributed by atoms with Gasteiger partial charge in [0.05, 0.1) is 0 Å². The first-order chi connectivity index (χ1) is 10.2. The molecule has 126 valence electrons. The molecule has 0 aliphatic heterocycles. The van der Waals surface area contributed by atoms with Crippen molar-refractivity contribution in [2.45, 2.75) is 84.6 Å². The molecule has 0 aromatic rings. The second-order valence-corrected chi connectivity index (χ2v) is 6.67. The lowest BCUT2D eigenvalue weighted by Gasteiger charge is -2.33. The third-order valence-corrected chi connectivity index (χ3v) is 3.56. The van der Waals surface area contributed by atoms with Crippen LogP contribution in [0.2, 0.25) is 0 Å². The van der Waals surface area contributed by atoms with Gasteiger partial charge in [0, 0.05) is 33.1 Å². The standard InChI is InChI=1S/C16H28N2O4/c1-12(2)11-15(5,21-13(3)19)17-18-16(22-14(4)20)9-7-6-8-10-16/h12H,6-11H2,1-5H3. The first-order valence-electron chi connectivity index (χ1n) is 8.00. The molecule has 0 heterocycles. The fourth-order valence-electron chi connectivity index (χ4n) is 2.96. The van der Waals surface area contributed by atoms with E-state index in [1.54, 1.807) is 6.92 Å². The van der Waals surface area contributed by atoms with E-state index in [9.17, 15) is 9.59 Å². The molecular weight excluding hydrogens is 284 g/mol. The summed E-state index contributed by atoms with van der Waals surface area (Å²) in [5.41, 5.74) is -1.92. The first-order valence-corrected chi connectivity index (χ1v) is 8.00. The van der Waals surface area contributed by atoms with Crippen molar-refractivity contribution in [1.82, 2.24) is 0 Å². The minimum atomic E-state index is -1.02. The molecular formula is C16H28N2O4. The molecule has 0 aromatic carbocycles. The van der Waals surface area contributed by atoms with Crippen molar-refractivity contribution in [2.24, 2.45) is 16.1 Å². The monoisotopic (exact) mass is 312 g/mol. The van der Waals surface area contributed by atoms with E-state index in [4.69, 9.17) is 9.47 Å². The summed E-state index contributed by atoms with van der Waals surface area (Å²) < 4.78 is 10.8. The number of rotatable bonds is 6. The highest BCUT2D eigenvalue weighted by Crippen LogP contribution is 2.35. The molecule has 6 heteroatoms. The summed E-state index contributed by atoms with van der Waals surface area (Å²) in [4.78, 5) is 22.7. The molecule has 0 amide bonds. The first kappa shape index (κ1) is 18.6. The zero-order valence-corrected chi connectivity index (χ0v) is 14.3. The number of azo groups is 1. The van der Waals surface area contributed by atoms with Crippen molar-refractivity contribution < 1.29 is 19.1 Å². The molecule has 0 radical (unpaired) electrons. The van der Waals surface area contributed by atoms with E-state index in [0.29, 0.717) is 25.2 Å². The quantitative estimate of drug-likeness (QED) is 0.549. The van der Waals surface area contributed by atoms with Gasteiger partial charge in [-0.1, -0.05) is 20.3 Å². The SMILES string of the molecule is CC(=O)OC(C)(CC(C)C)N=NC1(OC(C)=O)CCCCC1. The molecule has 1 fully saturated rings. The molecule has 1 unspecified atom stereocenters. The minimum absolute atomic E-state index is 0.291. The van der Waals surface area contributed by atoms with Crippen molar-refractivity contribution in [2.75, 3.05) is 0 Å². The Kier molecular flexibility index (Phi) is 6.50. The lowest BCUT2D eigenvalue weighted by molar-refractivity contribution is -0.165. The second kappa shape index (κ2) is 7.70. The maximum absolute atomic E-state index is 11.4. The second-order valence-electron chi connectivity index (χ2n) is 6.67. The van der Waals surface area contributed by atoms with Gasteiger partial charge in [-0.15, -0.1) is 10.2 Å². The lowest BCUT2D eigenvalue weighted by Crippen LogP contribution is -2.36. The lowest BCUT2D eigenvalue weighted by atomic mass is 9.92. The van der Waals surface area contributed by atoms with Crippen LogP contribution >= 0.6 is 0 Å². The van der Waals surface area contributed by atoms with E-state index in [1.807, 2.05) is 13.8 Å². The highest BCUT2D eigenvalue weighted by Gasteiger charge is 2.37. The number of nitrogens with zero attached hydrogens (tertiary/aromatic N) is 2. The normalized spacial score (nSPS) is 20.6. The topological polar surface area (TPSA) is 77.3 Å². The number of hydrogen-bond acceptors (Lipinski definition) is 6. The molecule has 0 aromatic heterocycles. The number of carbonyl (C=O) groups excluding carboxylic acids is 2. The summed E-state index contributed by atoms with van der Waals surface area (Å²) in [6.07, 6.45) is 4.88. The molecule has 0 N–H and O–H groups in total. The van der Waals surface area contributed by atoms with Crippen LogP contribution in [-0.2, 0) is 19.1 Å². The van der Waals surface area contributed by atoms with Crippen LogP contribution in [0, 0.1) is 5.92 Å². The van der Waals surface area contributed by atoms with Crippen LogP contribution in [0.5, 0.6) is 0 Å². The van der Waals surface area contributed by atoms with Gasteiger partial charge < -0.3 is 9.47 Å². The maximum Gasteiger partial charge on any atom is 0.304 e. The predicted molar refractivity (Wildman–Crippen MR) is 82.1 cm³/mol. The molecule has 1 aliphatic rings. The number of carbonyl (C=O) groups is 2. The van der Waals surface area contributed by atoms with Crippen LogP contribution in [-0.4, -0.2) is 23.4 Å². The Balaban J connectivity index is 2.97. The highest BCUT2D eigenvalue weighted by molar-refractivity contribution is 5.66. The van der Waals surface area contributed by atoms with Crippen molar-refractivity contribution in [3.8, 4) is 0 Å². The Morgan fingerprint density at radius 3 is 2.18 bits per heavy atom. The van der Waals surface area contributed by atoms with Crippen molar-refractivity contribution in [1.29, 1.82) is 0 Å². The molecule has 1 saturated carbocycles. The van der Waals surface area contributed by atoms with Gasteiger partial charge in [0.25, 0.3) is 0 Å². The average molecular weight is 312 g/mol. The minimum Gasteiger partial charge on any atom is -0.436 e. The van der Waals surface area contributed by atoms with Gasteiger partial charge >= 0.3 is 11.9 Å². The van der Waals surface area contributed by atoms with E-state index >= 15 is 0 Å². The van der Waals surface area contributed by atoms with Crippen LogP contribution in [0.15, 0.2) is 10.2 Å². The van der Waals surface area contributed by atoms with Gasteiger partial charge in [-0.05, 0) is 25.7 Å². The van der Waals surface area contributed by atoms with Gasteiger partial charge in [0.2, 0.25) is 11.4 Å². The predicted octanol–water partition coefficient (Wildman–Crippen LogP) is 3.99. The summed E-state index contributed by atoms with van der Waals surface area (Å²) >= 11 is 0. The van der Waals surface area contributed by atoms with Crippen LogP contribution < -0.4 is 0 Å². The van der Waals surface area contributed by atoms with Crippen molar-refractivity contribution in [3.05, 3.63) is 0 Å². The zero-order chi connectivity index (χ0) is 16.8. The number of ether oxygens (including phenoxy) is 2. The van der Waals surface area contributed by atoms with Crippen LogP contribution in [0.25, 0.3) is 0 Å². The van der Waals surface area contributed by atoms with E-state index in [0.717, 1.165) is 19.3 Å². The third-order valence-electron chi connectivity index (χ3n) is 3.56. The molecule has 1 aliphatic carbocycles. The van der Waals surface area contributed by atoms with Gasteiger partial charge in [0.1, 0.15) is 0 Å². The number of hydrogen-bond donors (Lipinski definition) is 0. The Morgan fingerprint density at radius 2 is 1.73 bits per heavy atom. The maximum atomic E-state index is 11.4. The molecule has 0 bridgehead atoms. The summed E-state index contributed by atoms with van der Waals surface area (Å²) in [5, 5.41) is 8.63. The van der Waals surface area contributed by atoms with Crippen LogP contribution in [0.3, 0.4) is 0 Å². The largest absolute Gasteiger partial charge is 0.436 e. The van der Waals surface area contributed by atoms with Crippen LogP contribution in [0.1, 0.15) is 73.1 Å². The van der Waals surface area contributed by atoms with Gasteiger partial charge in [0.15, 0.2) is 0 Å². The van der Waals surface area contributed by atoms with E-state index in [1.165, 1.54) is 13.8 Å². The zero-order valence-electron chi connectivity index (χ0n) is 14.3. The molecule has 1 rings (SSSR count). The Labute approximate surface area is 132 Å². The fraction of sp³-hybridized carbons (Fsp3) is 0.875. The summed E-state index contributed by atoms with van der Waals surface area (Å²) in [6.45, 7) is 8.53. The Morgan fingerprint density at radius 1 is 1.14 bits per heavy atom. The van der Waals surface area contributed by atoms with E-state index in [2.05, 4.69) is 10.2 Å². The third kappa shape index (κ3) is 6.12. The smallest absolute Gasteiger partial charge is 0.304 e. The van der Waals surface area contributed by atoms with E-state index < -0.39 is 17.4 Å². The molecule has 0 saturated heterocycles. The van der Waals surface area contributed by atoms with Gasteiger partial charge in [-0.2, -0.15) is 0 Å². The average Bonchev–Trinajstić information content (AvgIpc) is 2.35. The molecule has 1 atom stereocenters. The number of esters is 2.